The Morgan fingerprint density at radius 1 is 1.22 bits per heavy atom. The van der Waals surface area contributed by atoms with Crippen molar-refractivity contribution in [2.45, 2.75) is 40.0 Å². The Bertz CT molecular complexity index is 325. The standard InChI is InChI=1S/C12H18BNO2.C2H6/c1-2-3-4-9-14-12(15)10-5-7-11(13-16)8-6-10;1-2/h5-8,13,16H,2-4,9H2,1H3,(H,14,15);1-2H3. The van der Waals surface area contributed by atoms with E-state index in [0.717, 1.165) is 31.3 Å². The second-order valence-electron chi connectivity index (χ2n) is 3.82. The lowest BCUT2D eigenvalue weighted by molar-refractivity contribution is 0.0953. The first-order chi connectivity index (χ1) is 8.77. The van der Waals surface area contributed by atoms with E-state index in [4.69, 9.17) is 5.02 Å². The Balaban J connectivity index is 0.00000137. The van der Waals surface area contributed by atoms with Crippen molar-refractivity contribution in [2.24, 2.45) is 0 Å². The molecule has 1 amide bonds. The van der Waals surface area contributed by atoms with Crippen molar-refractivity contribution in [3.63, 3.8) is 0 Å². The van der Waals surface area contributed by atoms with Crippen LogP contribution in [-0.4, -0.2) is 25.0 Å². The van der Waals surface area contributed by atoms with Gasteiger partial charge in [-0.05, 0) is 18.6 Å². The van der Waals surface area contributed by atoms with Gasteiger partial charge in [0.15, 0.2) is 0 Å². The van der Waals surface area contributed by atoms with Gasteiger partial charge in [-0.2, -0.15) is 0 Å². The number of amides is 1. The topological polar surface area (TPSA) is 49.3 Å². The van der Waals surface area contributed by atoms with Crippen LogP contribution in [0.15, 0.2) is 24.3 Å². The van der Waals surface area contributed by atoms with Gasteiger partial charge in [0.1, 0.15) is 0 Å². The number of benzene rings is 1. The lowest BCUT2D eigenvalue weighted by atomic mass is 9.88. The first-order valence-corrected chi connectivity index (χ1v) is 6.76. The molecule has 1 aromatic rings. The van der Waals surface area contributed by atoms with Crippen LogP contribution in [-0.2, 0) is 0 Å². The summed E-state index contributed by atoms with van der Waals surface area (Å²) in [5.74, 6) is -0.0411. The van der Waals surface area contributed by atoms with Crippen LogP contribution in [0.1, 0.15) is 50.4 Å². The Labute approximate surface area is 111 Å². The van der Waals surface area contributed by atoms with Gasteiger partial charge in [0.25, 0.3) is 5.91 Å². The van der Waals surface area contributed by atoms with E-state index in [1.165, 1.54) is 0 Å². The van der Waals surface area contributed by atoms with Gasteiger partial charge < -0.3 is 10.3 Å². The van der Waals surface area contributed by atoms with Gasteiger partial charge in [-0.3, -0.25) is 4.79 Å². The molecule has 0 saturated heterocycles. The van der Waals surface area contributed by atoms with Crippen LogP contribution in [0.2, 0.25) is 0 Å². The van der Waals surface area contributed by atoms with Crippen molar-refractivity contribution in [1.29, 1.82) is 0 Å². The second-order valence-corrected chi connectivity index (χ2v) is 3.82. The number of nitrogens with one attached hydrogen (secondary N) is 1. The van der Waals surface area contributed by atoms with Crippen LogP contribution < -0.4 is 10.8 Å². The van der Waals surface area contributed by atoms with E-state index in [1.54, 1.807) is 24.3 Å². The molecule has 0 saturated carbocycles. The highest BCUT2D eigenvalue weighted by atomic mass is 16.2. The molecule has 2 N–H and O–H groups in total. The van der Waals surface area contributed by atoms with Crippen LogP contribution >= 0.6 is 0 Å². The molecule has 18 heavy (non-hydrogen) atoms. The van der Waals surface area contributed by atoms with E-state index in [0.29, 0.717) is 5.56 Å². The number of carbonyl (C=O) groups excluding carboxylic acids is 1. The summed E-state index contributed by atoms with van der Waals surface area (Å²) >= 11 is 0. The molecular weight excluding hydrogens is 225 g/mol. The Hall–Kier alpha value is -1.29. The molecule has 0 unspecified atom stereocenters. The minimum Gasteiger partial charge on any atom is -0.449 e. The maximum absolute atomic E-state index is 11.6. The molecule has 0 fully saturated rings. The first kappa shape index (κ1) is 16.7. The first-order valence-electron chi connectivity index (χ1n) is 6.76. The summed E-state index contributed by atoms with van der Waals surface area (Å²) in [6.07, 6.45) is 3.32. The third-order valence-electron chi connectivity index (χ3n) is 2.46. The van der Waals surface area contributed by atoms with Crippen molar-refractivity contribution >= 4 is 18.9 Å². The number of rotatable bonds is 6. The predicted octanol–water partition coefficient (Wildman–Crippen LogP) is 1.60. The van der Waals surface area contributed by atoms with Crippen molar-refractivity contribution in [3.8, 4) is 0 Å². The van der Waals surface area contributed by atoms with Gasteiger partial charge in [0, 0.05) is 12.1 Å². The minimum atomic E-state index is -0.0411. The molecule has 0 bridgehead atoms. The number of hydrogen-bond acceptors (Lipinski definition) is 2. The Morgan fingerprint density at radius 2 is 1.83 bits per heavy atom. The van der Waals surface area contributed by atoms with Crippen LogP contribution in [0.4, 0.5) is 0 Å². The zero-order valence-electron chi connectivity index (χ0n) is 11.7. The Kier molecular flexibility index (Phi) is 10.1. The van der Waals surface area contributed by atoms with Crippen LogP contribution in [0.5, 0.6) is 0 Å². The van der Waals surface area contributed by atoms with Crippen molar-refractivity contribution < 1.29 is 9.82 Å². The van der Waals surface area contributed by atoms with Crippen LogP contribution in [0.3, 0.4) is 0 Å². The Morgan fingerprint density at radius 3 is 2.33 bits per heavy atom. The molecular formula is C14H24BNO2. The molecule has 1 rings (SSSR count). The lowest BCUT2D eigenvalue weighted by Gasteiger charge is -2.04. The zero-order valence-corrected chi connectivity index (χ0v) is 11.7. The molecule has 0 spiro atoms. The molecule has 0 atom stereocenters. The maximum atomic E-state index is 11.6. The van der Waals surface area contributed by atoms with E-state index in [-0.39, 0.29) is 13.4 Å². The highest BCUT2D eigenvalue weighted by Gasteiger charge is 2.04. The number of carbonyl (C=O) groups is 1. The second kappa shape index (κ2) is 10.8. The summed E-state index contributed by atoms with van der Waals surface area (Å²) in [4.78, 5) is 11.6. The third kappa shape index (κ3) is 6.45. The molecule has 0 aliphatic heterocycles. The fraction of sp³-hybridized carbons (Fsp3) is 0.500. The largest absolute Gasteiger partial charge is 0.449 e. The highest BCUT2D eigenvalue weighted by Crippen LogP contribution is 1.97. The van der Waals surface area contributed by atoms with Gasteiger partial charge in [-0.25, -0.2) is 0 Å². The number of unbranched alkanes of at least 4 members (excludes halogenated alkanes) is 2. The summed E-state index contributed by atoms with van der Waals surface area (Å²) in [5, 5.41) is 11.7. The maximum Gasteiger partial charge on any atom is 0.304 e. The van der Waals surface area contributed by atoms with E-state index in [2.05, 4.69) is 12.2 Å². The molecule has 1 aromatic carbocycles. The fourth-order valence-electron chi connectivity index (χ4n) is 1.44. The monoisotopic (exact) mass is 249 g/mol. The molecule has 0 radical (unpaired) electrons. The quantitative estimate of drug-likeness (QED) is 0.594. The fourth-order valence-corrected chi connectivity index (χ4v) is 1.44. The van der Waals surface area contributed by atoms with Gasteiger partial charge in [-0.15, -0.1) is 0 Å². The van der Waals surface area contributed by atoms with Crippen LogP contribution in [0, 0.1) is 0 Å². The highest BCUT2D eigenvalue weighted by molar-refractivity contribution is 6.45. The summed E-state index contributed by atoms with van der Waals surface area (Å²) in [5.41, 5.74) is 1.47. The van der Waals surface area contributed by atoms with Crippen molar-refractivity contribution in [2.75, 3.05) is 6.54 Å². The predicted molar refractivity (Wildman–Crippen MR) is 78.7 cm³/mol. The molecule has 0 aromatic heterocycles. The summed E-state index contributed by atoms with van der Waals surface area (Å²) in [6.45, 7) is 6.86. The molecule has 3 nitrogen and oxygen atoms in total. The smallest absolute Gasteiger partial charge is 0.304 e. The van der Waals surface area contributed by atoms with Gasteiger partial charge in [0.2, 0.25) is 0 Å². The minimum absolute atomic E-state index is 0.0123. The van der Waals surface area contributed by atoms with Crippen LogP contribution in [0.25, 0.3) is 0 Å². The van der Waals surface area contributed by atoms with Gasteiger partial charge >= 0.3 is 7.48 Å². The SMILES string of the molecule is CC.CCCCCNC(=O)c1ccc(BO)cc1. The van der Waals surface area contributed by atoms with Gasteiger partial charge in [-0.1, -0.05) is 51.2 Å². The lowest BCUT2D eigenvalue weighted by Crippen LogP contribution is -2.25. The van der Waals surface area contributed by atoms with Gasteiger partial charge in [0.05, 0.1) is 0 Å². The summed E-state index contributed by atoms with van der Waals surface area (Å²) in [7, 11) is 0.0123. The average Bonchev–Trinajstić information content (AvgIpc) is 2.45. The average molecular weight is 249 g/mol. The van der Waals surface area contributed by atoms with E-state index < -0.39 is 0 Å². The summed E-state index contributed by atoms with van der Waals surface area (Å²) in [6, 6.07) is 7.00. The normalized spacial score (nSPS) is 9.11. The third-order valence-corrected chi connectivity index (χ3v) is 2.46. The van der Waals surface area contributed by atoms with Crippen molar-refractivity contribution in [1.82, 2.24) is 5.32 Å². The van der Waals surface area contributed by atoms with Crippen molar-refractivity contribution in [3.05, 3.63) is 29.8 Å². The molecule has 4 heteroatoms. The molecule has 0 aliphatic rings. The summed E-state index contributed by atoms with van der Waals surface area (Å²) < 4.78 is 0. The van der Waals surface area contributed by atoms with E-state index in [9.17, 15) is 4.79 Å². The molecule has 100 valence electrons. The molecule has 0 heterocycles. The number of hydrogen-bond donors (Lipinski definition) is 2. The van der Waals surface area contributed by atoms with E-state index in [1.807, 2.05) is 13.8 Å². The zero-order chi connectivity index (χ0) is 13.8. The molecule has 0 aliphatic carbocycles. The van der Waals surface area contributed by atoms with E-state index >= 15 is 0 Å².